The van der Waals surface area contributed by atoms with E-state index in [9.17, 15) is 4.79 Å². The molecule has 1 amide bonds. The van der Waals surface area contributed by atoms with E-state index >= 15 is 0 Å². The highest BCUT2D eigenvalue weighted by Gasteiger charge is 2.09. The lowest BCUT2D eigenvalue weighted by atomic mass is 10.2. The molecule has 0 aliphatic carbocycles. The summed E-state index contributed by atoms with van der Waals surface area (Å²) >= 11 is 5.92. The van der Waals surface area contributed by atoms with Crippen LogP contribution in [0.4, 0.5) is 0 Å². The van der Waals surface area contributed by atoms with E-state index in [4.69, 9.17) is 21.1 Å². The number of carbonyl (C=O) groups is 1. The molecule has 0 radical (unpaired) electrons. The van der Waals surface area contributed by atoms with Crippen LogP contribution < -0.4 is 10.1 Å². The average molecular weight is 366 g/mol. The summed E-state index contributed by atoms with van der Waals surface area (Å²) in [5, 5.41) is 7.72. The topological polar surface area (TPSA) is 65.4 Å². The SMILES string of the molecule is Cc1cc(Cl)ccc1OCn1ccc(C(=O)NCCCOC(C)C)n1. The number of hydrogen-bond donors (Lipinski definition) is 1. The van der Waals surface area contributed by atoms with Gasteiger partial charge in [0.25, 0.3) is 5.91 Å². The van der Waals surface area contributed by atoms with Gasteiger partial charge in [0.1, 0.15) is 11.4 Å². The van der Waals surface area contributed by atoms with Gasteiger partial charge in [-0.3, -0.25) is 4.79 Å². The highest BCUT2D eigenvalue weighted by molar-refractivity contribution is 6.30. The summed E-state index contributed by atoms with van der Waals surface area (Å²) in [6, 6.07) is 7.09. The Morgan fingerprint density at radius 2 is 2.16 bits per heavy atom. The van der Waals surface area contributed by atoms with E-state index in [2.05, 4.69) is 10.4 Å². The number of nitrogens with zero attached hydrogens (tertiary/aromatic N) is 2. The van der Waals surface area contributed by atoms with Crippen molar-refractivity contribution in [2.24, 2.45) is 0 Å². The molecule has 1 N–H and O–H groups in total. The Hall–Kier alpha value is -2.05. The maximum Gasteiger partial charge on any atom is 0.271 e. The van der Waals surface area contributed by atoms with E-state index in [1.54, 1.807) is 23.0 Å². The number of carbonyl (C=O) groups excluding carboxylic acids is 1. The summed E-state index contributed by atoms with van der Waals surface area (Å²) in [5.41, 5.74) is 1.31. The van der Waals surface area contributed by atoms with Crippen LogP contribution in [0.25, 0.3) is 0 Å². The molecule has 1 heterocycles. The lowest BCUT2D eigenvalue weighted by Gasteiger charge is -2.09. The van der Waals surface area contributed by atoms with Crippen molar-refractivity contribution in [3.05, 3.63) is 46.7 Å². The van der Waals surface area contributed by atoms with Gasteiger partial charge in [-0.15, -0.1) is 0 Å². The molecule has 2 aromatic rings. The van der Waals surface area contributed by atoms with Crippen LogP contribution in [0.3, 0.4) is 0 Å². The number of aromatic nitrogens is 2. The summed E-state index contributed by atoms with van der Waals surface area (Å²) in [4.78, 5) is 12.0. The van der Waals surface area contributed by atoms with Gasteiger partial charge in [-0.1, -0.05) is 11.6 Å². The Bertz CT molecular complexity index is 701. The van der Waals surface area contributed by atoms with Crippen molar-refractivity contribution in [2.75, 3.05) is 13.2 Å². The second kappa shape index (κ2) is 9.44. The molecule has 0 spiro atoms. The molecule has 7 heteroatoms. The van der Waals surface area contributed by atoms with Gasteiger partial charge in [0.05, 0.1) is 6.10 Å². The van der Waals surface area contributed by atoms with Gasteiger partial charge in [0.2, 0.25) is 0 Å². The Morgan fingerprint density at radius 1 is 1.36 bits per heavy atom. The van der Waals surface area contributed by atoms with Crippen molar-refractivity contribution in [2.45, 2.75) is 40.0 Å². The second-order valence-electron chi connectivity index (χ2n) is 5.95. The zero-order valence-corrected chi connectivity index (χ0v) is 15.5. The molecule has 0 atom stereocenters. The highest BCUT2D eigenvalue weighted by atomic mass is 35.5. The number of ether oxygens (including phenoxy) is 2. The smallest absolute Gasteiger partial charge is 0.271 e. The lowest BCUT2D eigenvalue weighted by molar-refractivity contribution is 0.0756. The first-order valence-electron chi connectivity index (χ1n) is 8.28. The van der Waals surface area contributed by atoms with Crippen LogP contribution in [0.2, 0.25) is 5.02 Å². The third-order valence-corrected chi connectivity index (χ3v) is 3.66. The molecule has 2 rings (SSSR count). The van der Waals surface area contributed by atoms with Gasteiger partial charge >= 0.3 is 0 Å². The first-order valence-corrected chi connectivity index (χ1v) is 8.65. The molecule has 1 aromatic carbocycles. The molecule has 0 aliphatic heterocycles. The van der Waals surface area contributed by atoms with Crippen molar-refractivity contribution in [3.8, 4) is 5.75 Å². The highest BCUT2D eigenvalue weighted by Crippen LogP contribution is 2.21. The van der Waals surface area contributed by atoms with Crippen molar-refractivity contribution < 1.29 is 14.3 Å². The number of benzene rings is 1. The maximum absolute atomic E-state index is 12.0. The van der Waals surface area contributed by atoms with Crippen molar-refractivity contribution >= 4 is 17.5 Å². The van der Waals surface area contributed by atoms with Crippen molar-refractivity contribution in [1.29, 1.82) is 0 Å². The second-order valence-corrected chi connectivity index (χ2v) is 6.39. The molecule has 0 unspecified atom stereocenters. The number of hydrogen-bond acceptors (Lipinski definition) is 4. The lowest BCUT2D eigenvalue weighted by Crippen LogP contribution is -2.26. The van der Waals surface area contributed by atoms with Crippen LogP contribution in [0, 0.1) is 6.92 Å². The fourth-order valence-corrected chi connectivity index (χ4v) is 2.38. The minimum atomic E-state index is -0.203. The molecule has 1 aromatic heterocycles. The van der Waals surface area contributed by atoms with Crippen LogP contribution in [-0.4, -0.2) is 34.9 Å². The number of halogens is 1. The molecule has 25 heavy (non-hydrogen) atoms. The van der Waals surface area contributed by atoms with E-state index in [1.165, 1.54) is 0 Å². The van der Waals surface area contributed by atoms with E-state index in [1.807, 2.05) is 32.9 Å². The van der Waals surface area contributed by atoms with Gasteiger partial charge in [0, 0.05) is 24.4 Å². The summed E-state index contributed by atoms with van der Waals surface area (Å²) < 4.78 is 12.7. The third-order valence-electron chi connectivity index (χ3n) is 3.42. The predicted octanol–water partition coefficient (Wildman–Crippen LogP) is 3.43. The average Bonchev–Trinajstić information content (AvgIpc) is 3.02. The minimum absolute atomic E-state index is 0.203. The monoisotopic (exact) mass is 365 g/mol. The number of amides is 1. The number of nitrogens with one attached hydrogen (secondary N) is 1. The van der Waals surface area contributed by atoms with E-state index < -0.39 is 0 Å². The standard InChI is InChI=1S/C18H24ClN3O3/c1-13(2)24-10-4-8-20-18(23)16-7-9-22(21-16)12-25-17-6-5-15(19)11-14(17)3/h5-7,9,11,13H,4,8,10,12H2,1-3H3,(H,20,23). The molecule has 0 bridgehead atoms. The van der Waals surface area contributed by atoms with Crippen LogP contribution >= 0.6 is 11.6 Å². The molecule has 136 valence electrons. The largest absolute Gasteiger partial charge is 0.471 e. The molecule has 0 saturated carbocycles. The first-order chi connectivity index (χ1) is 12.0. The van der Waals surface area contributed by atoms with Crippen LogP contribution in [0.1, 0.15) is 36.3 Å². The molecular formula is C18H24ClN3O3. The zero-order chi connectivity index (χ0) is 18.2. The molecular weight excluding hydrogens is 342 g/mol. The van der Waals surface area contributed by atoms with Crippen molar-refractivity contribution in [3.63, 3.8) is 0 Å². The van der Waals surface area contributed by atoms with Crippen LogP contribution in [-0.2, 0) is 11.5 Å². The van der Waals surface area contributed by atoms with Crippen LogP contribution in [0.15, 0.2) is 30.5 Å². The quantitative estimate of drug-likeness (QED) is 0.691. The van der Waals surface area contributed by atoms with Gasteiger partial charge in [-0.25, -0.2) is 4.68 Å². The van der Waals surface area contributed by atoms with Gasteiger partial charge < -0.3 is 14.8 Å². The summed E-state index contributed by atoms with van der Waals surface area (Å²) in [6.45, 7) is 7.29. The van der Waals surface area contributed by atoms with Gasteiger partial charge in [0.15, 0.2) is 6.73 Å². The van der Waals surface area contributed by atoms with E-state index in [0.29, 0.717) is 23.9 Å². The summed E-state index contributed by atoms with van der Waals surface area (Å²) in [6.07, 6.45) is 2.68. The summed E-state index contributed by atoms with van der Waals surface area (Å²) in [5.74, 6) is 0.530. The number of aryl methyl sites for hydroxylation is 1. The fourth-order valence-electron chi connectivity index (χ4n) is 2.15. The Balaban J connectivity index is 1.78. The fraction of sp³-hybridized carbons (Fsp3) is 0.444. The Kier molecular flexibility index (Phi) is 7.28. The van der Waals surface area contributed by atoms with Gasteiger partial charge in [-0.2, -0.15) is 5.10 Å². The van der Waals surface area contributed by atoms with E-state index in [-0.39, 0.29) is 18.7 Å². The Morgan fingerprint density at radius 3 is 2.88 bits per heavy atom. The minimum Gasteiger partial charge on any atom is -0.471 e. The van der Waals surface area contributed by atoms with Gasteiger partial charge in [-0.05, 0) is 57.0 Å². The molecule has 0 aliphatic rings. The summed E-state index contributed by atoms with van der Waals surface area (Å²) in [7, 11) is 0. The first kappa shape index (κ1) is 19.3. The third kappa shape index (κ3) is 6.40. The van der Waals surface area contributed by atoms with Crippen LogP contribution in [0.5, 0.6) is 5.75 Å². The molecule has 0 fully saturated rings. The maximum atomic E-state index is 12.0. The van der Waals surface area contributed by atoms with E-state index in [0.717, 1.165) is 17.7 Å². The molecule has 0 saturated heterocycles. The van der Waals surface area contributed by atoms with Crippen molar-refractivity contribution in [1.82, 2.24) is 15.1 Å². The normalized spacial score (nSPS) is 10.9. The molecule has 6 nitrogen and oxygen atoms in total. The predicted molar refractivity (Wildman–Crippen MR) is 97.1 cm³/mol. The Labute approximate surface area is 153 Å². The number of rotatable bonds is 9. The zero-order valence-electron chi connectivity index (χ0n) is 14.8.